The van der Waals surface area contributed by atoms with Gasteiger partial charge in [0.1, 0.15) is 0 Å². The van der Waals surface area contributed by atoms with E-state index in [1.165, 1.54) is 199 Å². The first-order valence-electron chi connectivity index (χ1n) is 25.2. The van der Waals surface area contributed by atoms with Crippen molar-refractivity contribution >= 4 is 5.91 Å². The highest BCUT2D eigenvalue weighted by molar-refractivity contribution is 5.76. The van der Waals surface area contributed by atoms with Gasteiger partial charge in [-0.25, -0.2) is 0 Å². The van der Waals surface area contributed by atoms with Gasteiger partial charge in [-0.1, -0.05) is 249 Å². The molecule has 330 valence electrons. The van der Waals surface area contributed by atoms with Gasteiger partial charge in [-0.2, -0.15) is 0 Å². The van der Waals surface area contributed by atoms with E-state index in [0.717, 1.165) is 44.9 Å². The second-order valence-electron chi connectivity index (χ2n) is 17.2. The molecule has 2 unspecified atom stereocenters. The molecule has 0 aromatic heterocycles. The Morgan fingerprint density at radius 1 is 0.429 bits per heavy atom. The molecule has 0 aromatic carbocycles. The van der Waals surface area contributed by atoms with E-state index in [1.807, 2.05) is 0 Å². The van der Waals surface area contributed by atoms with Gasteiger partial charge in [-0.05, 0) is 51.4 Å². The summed E-state index contributed by atoms with van der Waals surface area (Å²) in [6, 6.07) is -0.528. The summed E-state index contributed by atoms with van der Waals surface area (Å²) in [5.41, 5.74) is 0. The Hall–Kier alpha value is -1.39. The van der Waals surface area contributed by atoms with Gasteiger partial charge in [0.25, 0.3) is 0 Å². The molecule has 0 bridgehead atoms. The molecule has 0 heterocycles. The molecule has 1 amide bonds. The van der Waals surface area contributed by atoms with Crippen LogP contribution >= 0.6 is 0 Å². The third kappa shape index (κ3) is 43.7. The van der Waals surface area contributed by atoms with Crippen LogP contribution in [0.1, 0.15) is 271 Å². The number of amides is 1. The topological polar surface area (TPSA) is 69.6 Å². The van der Waals surface area contributed by atoms with Crippen LogP contribution in [0.25, 0.3) is 0 Å². The molecule has 0 radical (unpaired) electrons. The Morgan fingerprint density at radius 3 is 1.09 bits per heavy atom. The zero-order valence-electron chi connectivity index (χ0n) is 37.9. The van der Waals surface area contributed by atoms with E-state index >= 15 is 0 Å². The number of aliphatic hydroxyl groups is 2. The first-order valence-corrected chi connectivity index (χ1v) is 25.2. The maximum Gasteiger partial charge on any atom is 0.220 e. The molecule has 2 atom stereocenters. The average Bonchev–Trinajstić information content (AvgIpc) is 3.20. The van der Waals surface area contributed by atoms with Gasteiger partial charge in [0.2, 0.25) is 5.91 Å². The monoisotopic (exact) mass is 786 g/mol. The van der Waals surface area contributed by atoms with Gasteiger partial charge < -0.3 is 15.5 Å². The molecule has 56 heavy (non-hydrogen) atoms. The number of carbonyl (C=O) groups excluding carboxylic acids is 1. The van der Waals surface area contributed by atoms with Crippen molar-refractivity contribution in [3.63, 3.8) is 0 Å². The van der Waals surface area contributed by atoms with Crippen LogP contribution < -0.4 is 5.32 Å². The van der Waals surface area contributed by atoms with Gasteiger partial charge in [-0.3, -0.25) is 4.79 Å². The minimum atomic E-state index is -0.652. The number of carbonyl (C=O) groups is 1. The number of nitrogens with one attached hydrogen (secondary N) is 1. The largest absolute Gasteiger partial charge is 0.394 e. The summed E-state index contributed by atoms with van der Waals surface area (Å²) < 4.78 is 0. The molecular formula is C52H99NO3. The molecule has 0 aliphatic heterocycles. The molecule has 0 fully saturated rings. The first-order chi connectivity index (χ1) is 27.7. The molecule has 0 aliphatic rings. The fourth-order valence-electron chi connectivity index (χ4n) is 7.78. The van der Waals surface area contributed by atoms with Gasteiger partial charge in [0.15, 0.2) is 0 Å². The van der Waals surface area contributed by atoms with Crippen molar-refractivity contribution in [3.05, 3.63) is 36.5 Å². The van der Waals surface area contributed by atoms with Crippen molar-refractivity contribution in [2.75, 3.05) is 6.61 Å². The van der Waals surface area contributed by atoms with Crippen LogP contribution in [0.15, 0.2) is 36.5 Å². The Kier molecular flexibility index (Phi) is 46.8. The minimum Gasteiger partial charge on any atom is -0.394 e. The fraction of sp³-hybridized carbons (Fsp3) is 0.865. The van der Waals surface area contributed by atoms with Crippen molar-refractivity contribution in [2.24, 2.45) is 0 Å². The van der Waals surface area contributed by atoms with E-state index in [1.54, 1.807) is 0 Å². The highest BCUT2D eigenvalue weighted by atomic mass is 16.3. The quantitative estimate of drug-likeness (QED) is 0.0425. The molecule has 0 aromatic rings. The SMILES string of the molecule is CCCCCCC/C=C\C/C=C\C/C=C\CCCCCCCCCCCCCCCCCCCCCCCCCCCCC(=O)NC(CO)C(O)CCCCC. The summed E-state index contributed by atoms with van der Waals surface area (Å²) in [7, 11) is 0. The Morgan fingerprint density at radius 2 is 0.732 bits per heavy atom. The zero-order valence-corrected chi connectivity index (χ0v) is 37.9. The van der Waals surface area contributed by atoms with E-state index in [9.17, 15) is 15.0 Å². The maximum atomic E-state index is 12.2. The second-order valence-corrected chi connectivity index (χ2v) is 17.2. The summed E-state index contributed by atoms with van der Waals surface area (Å²) >= 11 is 0. The summed E-state index contributed by atoms with van der Waals surface area (Å²) in [6.07, 6.45) is 64.9. The van der Waals surface area contributed by atoms with Crippen LogP contribution in [0.5, 0.6) is 0 Å². The van der Waals surface area contributed by atoms with Crippen LogP contribution in [-0.2, 0) is 4.79 Å². The molecule has 4 heteroatoms. The second kappa shape index (κ2) is 48.0. The third-order valence-electron chi connectivity index (χ3n) is 11.7. The number of aliphatic hydroxyl groups excluding tert-OH is 2. The third-order valence-corrected chi connectivity index (χ3v) is 11.7. The predicted octanol–water partition coefficient (Wildman–Crippen LogP) is 16.1. The van der Waals surface area contributed by atoms with Crippen LogP contribution in [0.4, 0.5) is 0 Å². The average molecular weight is 786 g/mol. The van der Waals surface area contributed by atoms with Gasteiger partial charge in [0, 0.05) is 6.42 Å². The number of hydrogen-bond acceptors (Lipinski definition) is 3. The lowest BCUT2D eigenvalue weighted by Crippen LogP contribution is -2.45. The fourth-order valence-corrected chi connectivity index (χ4v) is 7.78. The molecular weight excluding hydrogens is 687 g/mol. The maximum absolute atomic E-state index is 12.2. The number of unbranched alkanes of at least 4 members (excludes halogenated alkanes) is 33. The zero-order chi connectivity index (χ0) is 40.7. The van der Waals surface area contributed by atoms with E-state index in [2.05, 4.69) is 55.6 Å². The normalized spacial score (nSPS) is 13.1. The van der Waals surface area contributed by atoms with Gasteiger partial charge >= 0.3 is 0 Å². The van der Waals surface area contributed by atoms with Crippen LogP contribution in [0.3, 0.4) is 0 Å². The number of hydrogen-bond donors (Lipinski definition) is 3. The molecule has 0 saturated heterocycles. The highest BCUT2D eigenvalue weighted by Crippen LogP contribution is 2.17. The molecule has 0 rings (SSSR count). The lowest BCUT2D eigenvalue weighted by Gasteiger charge is -2.22. The molecule has 0 saturated carbocycles. The van der Waals surface area contributed by atoms with E-state index in [0.29, 0.717) is 12.8 Å². The molecule has 3 N–H and O–H groups in total. The smallest absolute Gasteiger partial charge is 0.220 e. The van der Waals surface area contributed by atoms with Crippen LogP contribution in [0.2, 0.25) is 0 Å². The van der Waals surface area contributed by atoms with Crippen molar-refractivity contribution in [1.82, 2.24) is 5.32 Å². The Balaban J connectivity index is 3.27. The van der Waals surface area contributed by atoms with Crippen LogP contribution in [-0.4, -0.2) is 34.9 Å². The van der Waals surface area contributed by atoms with E-state index in [4.69, 9.17) is 0 Å². The number of allylic oxidation sites excluding steroid dienone is 6. The summed E-state index contributed by atoms with van der Waals surface area (Å²) in [5, 5.41) is 22.6. The van der Waals surface area contributed by atoms with Crippen molar-refractivity contribution in [2.45, 2.75) is 283 Å². The van der Waals surface area contributed by atoms with Crippen LogP contribution in [0, 0.1) is 0 Å². The summed E-state index contributed by atoms with van der Waals surface area (Å²) in [6.45, 7) is 4.21. The first kappa shape index (κ1) is 54.6. The van der Waals surface area contributed by atoms with Crippen molar-refractivity contribution < 1.29 is 15.0 Å². The number of rotatable bonds is 46. The summed E-state index contributed by atoms with van der Waals surface area (Å²) in [5.74, 6) is -0.0394. The Bertz CT molecular complexity index is 851. The predicted molar refractivity (Wildman–Crippen MR) is 248 cm³/mol. The highest BCUT2D eigenvalue weighted by Gasteiger charge is 2.19. The van der Waals surface area contributed by atoms with Crippen molar-refractivity contribution in [1.29, 1.82) is 0 Å². The Labute approximate surface area is 351 Å². The summed E-state index contributed by atoms with van der Waals surface area (Å²) in [4.78, 5) is 12.2. The molecule has 0 aliphatic carbocycles. The lowest BCUT2D eigenvalue weighted by atomic mass is 10.0. The van der Waals surface area contributed by atoms with E-state index in [-0.39, 0.29) is 12.5 Å². The standard InChI is InChI=1S/C52H99NO3/c1-3-5-7-8-9-10-11-12-13-14-15-16-17-18-19-20-21-22-23-24-25-26-27-28-29-30-31-32-33-34-35-36-37-38-39-40-41-42-43-44-46-48-52(56)53-50(49-54)51(55)47-45-6-4-2/h11-12,14-15,17-18,50-51,54-55H,3-10,13,16,19-49H2,1-2H3,(H,53,56)/b12-11-,15-14-,18-17-. The van der Waals surface area contributed by atoms with E-state index < -0.39 is 12.1 Å². The van der Waals surface area contributed by atoms with Gasteiger partial charge in [0.05, 0.1) is 18.8 Å². The molecule has 4 nitrogen and oxygen atoms in total. The molecule has 0 spiro atoms. The lowest BCUT2D eigenvalue weighted by molar-refractivity contribution is -0.123. The van der Waals surface area contributed by atoms with Gasteiger partial charge in [-0.15, -0.1) is 0 Å². The minimum absolute atomic E-state index is 0.0394. The van der Waals surface area contributed by atoms with Crippen molar-refractivity contribution in [3.8, 4) is 0 Å².